The van der Waals surface area contributed by atoms with Crippen molar-refractivity contribution in [2.45, 2.75) is 41.5 Å². The lowest BCUT2D eigenvalue weighted by atomic mass is 9.37. The van der Waals surface area contributed by atoms with Crippen molar-refractivity contribution in [3.8, 4) is 11.4 Å². The van der Waals surface area contributed by atoms with Crippen LogP contribution in [0.5, 0.6) is 0 Å². The van der Waals surface area contributed by atoms with E-state index in [1.165, 1.54) is 44.3 Å². The van der Waals surface area contributed by atoms with Crippen LogP contribution in [0.25, 0.3) is 11.4 Å². The minimum atomic E-state index is -0.0170. The number of benzene rings is 2. The maximum absolute atomic E-state index is 4.87. The molecule has 0 N–H and O–H groups in total. The molecule has 0 amide bonds. The van der Waals surface area contributed by atoms with Gasteiger partial charge in [-0.3, -0.25) is 9.97 Å². The summed E-state index contributed by atoms with van der Waals surface area (Å²) < 4.78 is 1.98. The highest BCUT2D eigenvalue weighted by atomic mass is 15.0. The average Bonchev–Trinajstić information content (AvgIpc) is 3.11. The molecule has 5 heteroatoms. The predicted octanol–water partition coefficient (Wildman–Crippen LogP) is 3.24. The van der Waals surface area contributed by atoms with Gasteiger partial charge in [-0.25, -0.2) is 4.98 Å². The lowest BCUT2D eigenvalue weighted by Crippen LogP contribution is -2.58. The summed E-state index contributed by atoms with van der Waals surface area (Å²) in [5, 5.41) is 0. The molecule has 2 heterocycles. The molecule has 0 radical (unpaired) electrons. The van der Waals surface area contributed by atoms with E-state index in [-0.39, 0.29) is 6.71 Å². The molecule has 0 unspecified atom stereocenters. The number of nitrogens with zero attached hydrogens (tertiary/aromatic N) is 4. The molecule has 31 heavy (non-hydrogen) atoms. The number of imidazole rings is 1. The number of hydrogen-bond acceptors (Lipinski definition) is 3. The van der Waals surface area contributed by atoms with Gasteiger partial charge < -0.3 is 4.57 Å². The molecule has 2 aromatic carbocycles. The molecule has 0 atom stereocenters. The van der Waals surface area contributed by atoms with Crippen molar-refractivity contribution in [1.82, 2.24) is 19.5 Å². The highest BCUT2D eigenvalue weighted by Gasteiger charge is 2.31. The van der Waals surface area contributed by atoms with Crippen molar-refractivity contribution < 1.29 is 0 Å². The topological polar surface area (TPSA) is 43.6 Å². The largest absolute Gasteiger partial charge is 0.334 e. The Morgan fingerprint density at radius 1 is 0.677 bits per heavy atom. The normalized spacial score (nSPS) is 11.1. The zero-order chi connectivity index (χ0) is 22.3. The van der Waals surface area contributed by atoms with Gasteiger partial charge >= 0.3 is 0 Å². The fraction of sp³-hybridized carbons (Fsp3) is 0.269. The third-order valence-electron chi connectivity index (χ3n) is 6.06. The summed E-state index contributed by atoms with van der Waals surface area (Å²) in [6.07, 6.45) is 7.53. The van der Waals surface area contributed by atoms with Gasteiger partial charge in [-0.05, 0) is 41.5 Å². The first-order valence-corrected chi connectivity index (χ1v) is 10.7. The summed E-state index contributed by atoms with van der Waals surface area (Å²) in [6.45, 7) is 13.1. The van der Waals surface area contributed by atoms with Gasteiger partial charge in [-0.2, -0.15) is 0 Å². The monoisotopic (exact) mass is 408 g/mol. The van der Waals surface area contributed by atoms with Crippen LogP contribution in [0.3, 0.4) is 0 Å². The number of hydrogen-bond donors (Lipinski definition) is 0. The Labute approximate surface area is 185 Å². The second-order valence-corrected chi connectivity index (χ2v) is 8.75. The Balaban J connectivity index is 1.93. The first-order valence-electron chi connectivity index (χ1n) is 10.7. The molecule has 4 nitrogen and oxygen atoms in total. The zero-order valence-corrected chi connectivity index (χ0v) is 19.5. The van der Waals surface area contributed by atoms with E-state index >= 15 is 0 Å². The Kier molecular flexibility index (Phi) is 5.53. The van der Waals surface area contributed by atoms with Crippen LogP contribution < -0.4 is 16.6 Å². The molecule has 0 saturated heterocycles. The Morgan fingerprint density at radius 2 is 1.13 bits per heavy atom. The predicted molar refractivity (Wildman–Crippen MR) is 130 cm³/mol. The van der Waals surface area contributed by atoms with Crippen molar-refractivity contribution >= 4 is 23.4 Å². The molecule has 0 spiro atoms. The molecule has 0 aliphatic carbocycles. The van der Waals surface area contributed by atoms with E-state index < -0.39 is 0 Å². The Hall–Kier alpha value is -3.21. The third kappa shape index (κ3) is 3.92. The van der Waals surface area contributed by atoms with Crippen molar-refractivity contribution in [2.24, 2.45) is 7.05 Å². The van der Waals surface area contributed by atoms with E-state index in [1.54, 1.807) is 6.20 Å². The van der Waals surface area contributed by atoms with Crippen molar-refractivity contribution in [3.05, 3.63) is 82.4 Å². The SMILES string of the molecule is Cc1cc(C)c(B(c2ncc(-c3nccn3C)cn2)c2c(C)cc(C)cc2C)c(C)c1. The smallest absolute Gasteiger partial charge is 0.291 e. The van der Waals surface area contributed by atoms with Gasteiger partial charge in [0.25, 0.3) is 6.71 Å². The van der Waals surface area contributed by atoms with Crippen LogP contribution >= 0.6 is 0 Å². The first-order chi connectivity index (χ1) is 14.8. The minimum Gasteiger partial charge on any atom is -0.334 e. The second-order valence-electron chi connectivity index (χ2n) is 8.75. The molecule has 0 bridgehead atoms. The molecule has 0 aliphatic rings. The summed E-state index contributed by atoms with van der Waals surface area (Å²) in [5.74, 6) is 0.869. The summed E-state index contributed by atoms with van der Waals surface area (Å²) in [7, 11) is 1.98. The van der Waals surface area contributed by atoms with Crippen LogP contribution in [0.2, 0.25) is 0 Å². The standard InChI is InChI=1S/C26H29BN4/c1-16-10-18(3)23(19(4)11-16)27(24-20(5)12-17(2)13-21(24)6)26-29-14-22(15-30-26)25-28-8-9-31(25)7/h8-15H,1-7H3. The van der Waals surface area contributed by atoms with Gasteiger partial charge in [0, 0.05) is 31.8 Å². The fourth-order valence-corrected chi connectivity index (χ4v) is 4.94. The highest BCUT2D eigenvalue weighted by molar-refractivity contribution is 6.95. The van der Waals surface area contributed by atoms with Crippen LogP contribution in [-0.4, -0.2) is 26.2 Å². The van der Waals surface area contributed by atoms with Gasteiger partial charge in [-0.15, -0.1) is 0 Å². The van der Waals surface area contributed by atoms with Crippen LogP contribution in [0.1, 0.15) is 33.4 Å². The molecular formula is C26H29BN4. The summed E-state index contributed by atoms with van der Waals surface area (Å²) in [5.41, 5.74) is 12.0. The third-order valence-corrected chi connectivity index (χ3v) is 6.06. The number of aryl methyl sites for hydroxylation is 7. The van der Waals surface area contributed by atoms with E-state index in [0.717, 1.165) is 17.1 Å². The zero-order valence-electron chi connectivity index (χ0n) is 19.5. The summed E-state index contributed by atoms with van der Waals surface area (Å²) >= 11 is 0. The van der Waals surface area contributed by atoms with Crippen LogP contribution in [-0.2, 0) is 7.05 Å². The van der Waals surface area contributed by atoms with E-state index in [2.05, 4.69) is 70.8 Å². The van der Waals surface area contributed by atoms with E-state index in [0.29, 0.717) is 0 Å². The van der Waals surface area contributed by atoms with E-state index in [4.69, 9.17) is 9.97 Å². The van der Waals surface area contributed by atoms with Crippen molar-refractivity contribution in [3.63, 3.8) is 0 Å². The molecular weight excluding hydrogens is 379 g/mol. The summed E-state index contributed by atoms with van der Waals surface area (Å²) in [4.78, 5) is 14.2. The minimum absolute atomic E-state index is 0.0170. The number of rotatable bonds is 4. The second kappa shape index (κ2) is 8.14. The van der Waals surface area contributed by atoms with Crippen LogP contribution in [0, 0.1) is 41.5 Å². The van der Waals surface area contributed by atoms with Gasteiger partial charge in [0.1, 0.15) is 5.82 Å². The van der Waals surface area contributed by atoms with Crippen molar-refractivity contribution in [2.75, 3.05) is 0 Å². The highest BCUT2D eigenvalue weighted by Crippen LogP contribution is 2.15. The van der Waals surface area contributed by atoms with Gasteiger partial charge in [0.05, 0.1) is 11.3 Å². The molecule has 0 aliphatic heterocycles. The Bertz CT molecular complexity index is 1150. The van der Waals surface area contributed by atoms with E-state index in [1.807, 2.05) is 30.2 Å². The molecule has 156 valence electrons. The molecule has 4 aromatic rings. The van der Waals surface area contributed by atoms with Gasteiger partial charge in [0.15, 0.2) is 0 Å². The fourth-order valence-electron chi connectivity index (χ4n) is 4.94. The lowest BCUT2D eigenvalue weighted by molar-refractivity contribution is 0.922. The maximum atomic E-state index is 4.87. The molecule has 4 rings (SSSR count). The molecule has 0 saturated carbocycles. The average molecular weight is 408 g/mol. The summed E-state index contributed by atoms with van der Waals surface area (Å²) in [6, 6.07) is 9.04. The van der Waals surface area contributed by atoms with Crippen LogP contribution in [0.15, 0.2) is 49.1 Å². The van der Waals surface area contributed by atoms with Crippen molar-refractivity contribution in [1.29, 1.82) is 0 Å². The first kappa shape index (κ1) is 21.0. The van der Waals surface area contributed by atoms with Gasteiger partial charge in [-0.1, -0.05) is 68.6 Å². The Morgan fingerprint density at radius 3 is 1.52 bits per heavy atom. The van der Waals surface area contributed by atoms with E-state index in [9.17, 15) is 0 Å². The van der Waals surface area contributed by atoms with Crippen LogP contribution in [0.4, 0.5) is 0 Å². The van der Waals surface area contributed by atoms with Gasteiger partial charge in [0.2, 0.25) is 0 Å². The molecule has 0 fully saturated rings. The number of aromatic nitrogens is 4. The molecule has 2 aromatic heterocycles. The maximum Gasteiger partial charge on any atom is 0.291 e. The quantitative estimate of drug-likeness (QED) is 0.487. The lowest BCUT2D eigenvalue weighted by Gasteiger charge is -2.23.